The SMILES string of the molecule is CNC(=O)COC(=O)c1ccc2nc(C)c(C)nc2c1. The van der Waals surface area contributed by atoms with Gasteiger partial charge in [0.25, 0.3) is 5.91 Å². The molecule has 0 saturated carbocycles. The second-order valence-electron chi connectivity index (χ2n) is 4.35. The molecule has 104 valence electrons. The highest BCUT2D eigenvalue weighted by molar-refractivity contribution is 5.94. The molecule has 1 N–H and O–H groups in total. The summed E-state index contributed by atoms with van der Waals surface area (Å²) in [4.78, 5) is 31.6. The monoisotopic (exact) mass is 273 g/mol. The van der Waals surface area contributed by atoms with E-state index in [4.69, 9.17) is 4.74 Å². The number of fused-ring (bicyclic) bond motifs is 1. The summed E-state index contributed by atoms with van der Waals surface area (Å²) in [6, 6.07) is 4.93. The third-order valence-corrected chi connectivity index (χ3v) is 2.92. The highest BCUT2D eigenvalue weighted by Crippen LogP contribution is 2.15. The lowest BCUT2D eigenvalue weighted by molar-refractivity contribution is -0.123. The lowest BCUT2D eigenvalue weighted by atomic mass is 10.2. The van der Waals surface area contributed by atoms with Crippen molar-refractivity contribution in [3.05, 3.63) is 35.2 Å². The second kappa shape index (κ2) is 5.64. The van der Waals surface area contributed by atoms with Crippen LogP contribution in [0.3, 0.4) is 0 Å². The number of carbonyl (C=O) groups is 2. The van der Waals surface area contributed by atoms with E-state index in [1.165, 1.54) is 7.05 Å². The number of ether oxygens (including phenoxy) is 1. The third-order valence-electron chi connectivity index (χ3n) is 2.92. The predicted octanol–water partition coefficient (Wildman–Crippen LogP) is 1.15. The van der Waals surface area contributed by atoms with Crippen molar-refractivity contribution in [2.45, 2.75) is 13.8 Å². The van der Waals surface area contributed by atoms with Gasteiger partial charge in [-0.3, -0.25) is 4.79 Å². The van der Waals surface area contributed by atoms with Crippen molar-refractivity contribution >= 4 is 22.9 Å². The van der Waals surface area contributed by atoms with E-state index in [2.05, 4.69) is 15.3 Å². The van der Waals surface area contributed by atoms with Crippen LogP contribution in [0.1, 0.15) is 21.7 Å². The summed E-state index contributed by atoms with van der Waals surface area (Å²) in [5, 5.41) is 2.38. The Morgan fingerprint density at radius 2 is 1.80 bits per heavy atom. The van der Waals surface area contributed by atoms with Crippen LogP contribution in [0.4, 0.5) is 0 Å². The van der Waals surface area contributed by atoms with Crippen molar-refractivity contribution in [2.24, 2.45) is 0 Å². The minimum atomic E-state index is -0.560. The summed E-state index contributed by atoms with van der Waals surface area (Å²) in [6.45, 7) is 3.44. The van der Waals surface area contributed by atoms with Gasteiger partial charge in [0, 0.05) is 7.05 Å². The summed E-state index contributed by atoms with van der Waals surface area (Å²) in [5.74, 6) is -0.916. The topological polar surface area (TPSA) is 81.2 Å². The molecule has 6 heteroatoms. The lowest BCUT2D eigenvalue weighted by Crippen LogP contribution is -2.25. The van der Waals surface area contributed by atoms with Gasteiger partial charge in [0.1, 0.15) is 0 Å². The average molecular weight is 273 g/mol. The second-order valence-corrected chi connectivity index (χ2v) is 4.35. The Morgan fingerprint density at radius 1 is 1.15 bits per heavy atom. The standard InChI is InChI=1S/C14H15N3O3/c1-8-9(2)17-12-6-10(4-5-11(12)16-8)14(19)20-7-13(18)15-3/h4-6H,7H2,1-3H3,(H,15,18). The van der Waals surface area contributed by atoms with E-state index in [1.807, 2.05) is 13.8 Å². The molecule has 0 radical (unpaired) electrons. The third kappa shape index (κ3) is 2.90. The van der Waals surface area contributed by atoms with Gasteiger partial charge in [0.2, 0.25) is 0 Å². The van der Waals surface area contributed by atoms with E-state index >= 15 is 0 Å². The van der Waals surface area contributed by atoms with Crippen molar-refractivity contribution < 1.29 is 14.3 Å². The smallest absolute Gasteiger partial charge is 0.338 e. The Bertz CT molecular complexity index is 683. The molecule has 1 aromatic carbocycles. The molecule has 2 aromatic rings. The summed E-state index contributed by atoms with van der Waals surface area (Å²) in [5.41, 5.74) is 3.36. The first-order valence-electron chi connectivity index (χ1n) is 6.14. The van der Waals surface area contributed by atoms with Gasteiger partial charge in [0.05, 0.1) is 28.0 Å². The Balaban J connectivity index is 2.25. The molecule has 1 amide bonds. The molecule has 0 fully saturated rings. The number of esters is 1. The Morgan fingerprint density at radius 3 is 2.45 bits per heavy atom. The summed E-state index contributed by atoms with van der Waals surface area (Å²) in [7, 11) is 1.48. The van der Waals surface area contributed by atoms with Crippen molar-refractivity contribution in [3.63, 3.8) is 0 Å². The fourth-order valence-corrected chi connectivity index (χ4v) is 1.64. The Kier molecular flexibility index (Phi) is 3.93. The van der Waals surface area contributed by atoms with Crippen LogP contribution in [0.25, 0.3) is 11.0 Å². The van der Waals surface area contributed by atoms with Gasteiger partial charge >= 0.3 is 5.97 Å². The van der Waals surface area contributed by atoms with Gasteiger partial charge in [-0.05, 0) is 32.0 Å². The molecule has 1 aromatic heterocycles. The number of rotatable bonds is 3. The lowest BCUT2D eigenvalue weighted by Gasteiger charge is -2.06. The fourth-order valence-electron chi connectivity index (χ4n) is 1.64. The van der Waals surface area contributed by atoms with Crippen LogP contribution in [-0.4, -0.2) is 35.5 Å². The van der Waals surface area contributed by atoms with Gasteiger partial charge in [0.15, 0.2) is 6.61 Å². The van der Waals surface area contributed by atoms with Crippen LogP contribution in [0.15, 0.2) is 18.2 Å². The number of hydrogen-bond acceptors (Lipinski definition) is 5. The normalized spacial score (nSPS) is 10.3. The maximum Gasteiger partial charge on any atom is 0.338 e. The van der Waals surface area contributed by atoms with E-state index in [9.17, 15) is 9.59 Å². The van der Waals surface area contributed by atoms with Crippen LogP contribution in [0.5, 0.6) is 0 Å². The van der Waals surface area contributed by atoms with Crippen LogP contribution in [0, 0.1) is 13.8 Å². The van der Waals surface area contributed by atoms with Crippen LogP contribution >= 0.6 is 0 Å². The number of aromatic nitrogens is 2. The molecule has 0 bridgehead atoms. The maximum absolute atomic E-state index is 11.8. The van der Waals surface area contributed by atoms with E-state index in [0.29, 0.717) is 11.1 Å². The van der Waals surface area contributed by atoms with Gasteiger partial charge in [-0.2, -0.15) is 0 Å². The minimum Gasteiger partial charge on any atom is -0.452 e. The fraction of sp³-hybridized carbons (Fsp3) is 0.286. The first-order chi connectivity index (χ1) is 9.51. The van der Waals surface area contributed by atoms with Gasteiger partial charge in [-0.1, -0.05) is 0 Å². The Hall–Kier alpha value is -2.50. The highest BCUT2D eigenvalue weighted by atomic mass is 16.5. The van der Waals surface area contributed by atoms with Crippen molar-refractivity contribution in [1.29, 1.82) is 0 Å². The molecule has 0 aliphatic rings. The number of nitrogens with zero attached hydrogens (tertiary/aromatic N) is 2. The number of likely N-dealkylation sites (N-methyl/N-ethyl adjacent to an activating group) is 1. The molecule has 0 aliphatic heterocycles. The number of benzene rings is 1. The number of nitrogens with one attached hydrogen (secondary N) is 1. The van der Waals surface area contributed by atoms with Crippen molar-refractivity contribution in [2.75, 3.05) is 13.7 Å². The number of amides is 1. The molecule has 2 rings (SSSR count). The highest BCUT2D eigenvalue weighted by Gasteiger charge is 2.11. The number of carbonyl (C=O) groups excluding carboxylic acids is 2. The van der Waals surface area contributed by atoms with Crippen LogP contribution in [-0.2, 0) is 9.53 Å². The maximum atomic E-state index is 11.8. The Labute approximate surface area is 116 Å². The average Bonchev–Trinajstić information content (AvgIpc) is 2.45. The zero-order valence-corrected chi connectivity index (χ0v) is 11.6. The van der Waals surface area contributed by atoms with Gasteiger partial charge in [-0.25, -0.2) is 14.8 Å². The largest absolute Gasteiger partial charge is 0.452 e. The minimum absolute atomic E-state index is 0.300. The number of aryl methyl sites for hydroxylation is 2. The van der Waals surface area contributed by atoms with Crippen LogP contribution in [0.2, 0.25) is 0 Å². The van der Waals surface area contributed by atoms with Crippen molar-refractivity contribution in [3.8, 4) is 0 Å². The summed E-state index contributed by atoms with van der Waals surface area (Å²) in [6.07, 6.45) is 0. The molecule has 0 saturated heterocycles. The summed E-state index contributed by atoms with van der Waals surface area (Å²) < 4.78 is 4.88. The molecule has 6 nitrogen and oxygen atoms in total. The van der Waals surface area contributed by atoms with Gasteiger partial charge in [-0.15, -0.1) is 0 Å². The first kappa shape index (κ1) is 13.9. The molecule has 0 unspecified atom stereocenters. The quantitative estimate of drug-likeness (QED) is 0.848. The van der Waals surface area contributed by atoms with Crippen molar-refractivity contribution in [1.82, 2.24) is 15.3 Å². The van der Waals surface area contributed by atoms with E-state index in [1.54, 1.807) is 18.2 Å². The predicted molar refractivity (Wildman–Crippen MR) is 73.4 cm³/mol. The van der Waals surface area contributed by atoms with E-state index in [0.717, 1.165) is 16.9 Å². The molecule has 0 aliphatic carbocycles. The first-order valence-corrected chi connectivity index (χ1v) is 6.14. The van der Waals surface area contributed by atoms with Gasteiger partial charge < -0.3 is 10.1 Å². The molecule has 1 heterocycles. The summed E-state index contributed by atoms with van der Waals surface area (Å²) >= 11 is 0. The molecule has 0 spiro atoms. The zero-order chi connectivity index (χ0) is 14.7. The molecule has 20 heavy (non-hydrogen) atoms. The number of hydrogen-bond donors (Lipinski definition) is 1. The van der Waals surface area contributed by atoms with Crippen LogP contribution < -0.4 is 5.32 Å². The molecular formula is C14H15N3O3. The van der Waals surface area contributed by atoms with E-state index < -0.39 is 5.97 Å². The van der Waals surface area contributed by atoms with E-state index in [-0.39, 0.29) is 12.5 Å². The molecular weight excluding hydrogens is 258 g/mol. The molecule has 0 atom stereocenters. The zero-order valence-electron chi connectivity index (χ0n) is 11.6.